The molecule has 2 aromatic rings. The lowest BCUT2D eigenvalue weighted by atomic mass is 10.2. The molecule has 0 radical (unpaired) electrons. The topological polar surface area (TPSA) is 70.6 Å². The molecule has 0 aliphatic carbocycles. The van der Waals surface area contributed by atoms with Crippen molar-refractivity contribution in [2.24, 2.45) is 4.99 Å². The Bertz CT molecular complexity index is 859. The minimum Gasteiger partial charge on any atom is -0.326 e. The maximum atomic E-state index is 12.2. The standard InChI is InChI=1S/C18H15Cl2N3O2S/c19-13-7-6-12(8-14(13)20)22-16(24)9-15-17(25)23-18(26-15)21-10-11-4-2-1-3-5-11/h1-8,15H,9-10H2,(H,22,24)(H,21,23,25)/t15-/m1/s1. The van der Waals surface area contributed by atoms with E-state index in [1.807, 2.05) is 30.3 Å². The molecule has 134 valence electrons. The Morgan fingerprint density at radius 3 is 2.65 bits per heavy atom. The van der Waals surface area contributed by atoms with Crippen LogP contribution in [0.25, 0.3) is 0 Å². The summed E-state index contributed by atoms with van der Waals surface area (Å²) in [5.74, 6) is -0.494. The second kappa shape index (κ2) is 8.58. The van der Waals surface area contributed by atoms with E-state index in [0.717, 1.165) is 5.56 Å². The van der Waals surface area contributed by atoms with Crippen LogP contribution in [0.1, 0.15) is 12.0 Å². The largest absolute Gasteiger partial charge is 0.326 e. The van der Waals surface area contributed by atoms with Crippen molar-refractivity contribution in [1.82, 2.24) is 5.32 Å². The van der Waals surface area contributed by atoms with Gasteiger partial charge in [-0.3, -0.25) is 14.6 Å². The van der Waals surface area contributed by atoms with Gasteiger partial charge in [0.1, 0.15) is 5.25 Å². The molecule has 26 heavy (non-hydrogen) atoms. The van der Waals surface area contributed by atoms with Crippen molar-refractivity contribution in [2.75, 3.05) is 5.32 Å². The van der Waals surface area contributed by atoms with Gasteiger partial charge in [-0.1, -0.05) is 65.3 Å². The monoisotopic (exact) mass is 407 g/mol. The van der Waals surface area contributed by atoms with E-state index in [9.17, 15) is 9.59 Å². The van der Waals surface area contributed by atoms with Crippen LogP contribution in [0.4, 0.5) is 5.69 Å². The molecule has 0 spiro atoms. The lowest BCUT2D eigenvalue weighted by Crippen LogP contribution is -2.28. The number of hydrogen-bond donors (Lipinski definition) is 2. The lowest BCUT2D eigenvalue weighted by Gasteiger charge is -2.08. The van der Waals surface area contributed by atoms with Crippen LogP contribution in [0, 0.1) is 0 Å². The van der Waals surface area contributed by atoms with Crippen molar-refractivity contribution in [1.29, 1.82) is 0 Å². The molecule has 0 bridgehead atoms. The van der Waals surface area contributed by atoms with E-state index < -0.39 is 5.25 Å². The molecule has 1 atom stereocenters. The van der Waals surface area contributed by atoms with Gasteiger partial charge in [0.2, 0.25) is 11.8 Å². The zero-order valence-electron chi connectivity index (χ0n) is 13.5. The molecule has 0 unspecified atom stereocenters. The number of anilines is 1. The van der Waals surface area contributed by atoms with Crippen molar-refractivity contribution in [2.45, 2.75) is 18.2 Å². The zero-order valence-corrected chi connectivity index (χ0v) is 15.9. The number of halogens is 2. The molecule has 1 aliphatic heterocycles. The highest BCUT2D eigenvalue weighted by Crippen LogP contribution is 2.26. The fraction of sp³-hybridized carbons (Fsp3) is 0.167. The molecule has 0 aromatic heterocycles. The Kier molecular flexibility index (Phi) is 6.19. The second-order valence-electron chi connectivity index (χ2n) is 5.58. The molecular weight excluding hydrogens is 393 g/mol. The number of benzene rings is 2. The molecule has 1 saturated heterocycles. The van der Waals surface area contributed by atoms with Crippen LogP contribution in [0.3, 0.4) is 0 Å². The third-order valence-corrected chi connectivity index (χ3v) is 5.46. The van der Waals surface area contributed by atoms with Crippen molar-refractivity contribution < 1.29 is 9.59 Å². The van der Waals surface area contributed by atoms with Gasteiger partial charge in [-0.15, -0.1) is 0 Å². The van der Waals surface area contributed by atoms with Crippen molar-refractivity contribution >= 4 is 57.6 Å². The third-order valence-electron chi connectivity index (χ3n) is 3.60. The fourth-order valence-electron chi connectivity index (χ4n) is 2.32. The number of carbonyl (C=O) groups excluding carboxylic acids is 2. The average Bonchev–Trinajstić information content (AvgIpc) is 2.97. The van der Waals surface area contributed by atoms with E-state index in [1.165, 1.54) is 11.8 Å². The number of amides is 2. The number of hydrogen-bond acceptors (Lipinski definition) is 4. The summed E-state index contributed by atoms with van der Waals surface area (Å²) in [6.07, 6.45) is 0.0428. The molecular formula is C18H15Cl2N3O2S. The number of aliphatic imine (C=N–C) groups is 1. The van der Waals surface area contributed by atoms with Gasteiger partial charge in [0.15, 0.2) is 5.17 Å². The lowest BCUT2D eigenvalue weighted by molar-refractivity contribution is -0.122. The molecule has 2 amide bonds. The first kappa shape index (κ1) is 18.8. The zero-order chi connectivity index (χ0) is 18.5. The van der Waals surface area contributed by atoms with E-state index >= 15 is 0 Å². The van der Waals surface area contributed by atoms with Gasteiger partial charge in [-0.25, -0.2) is 0 Å². The Balaban J connectivity index is 1.55. The minimum atomic E-state index is -0.507. The molecule has 1 heterocycles. The summed E-state index contributed by atoms with van der Waals surface area (Å²) in [5.41, 5.74) is 1.58. The maximum absolute atomic E-state index is 12.2. The highest BCUT2D eigenvalue weighted by Gasteiger charge is 2.32. The van der Waals surface area contributed by atoms with Crippen molar-refractivity contribution in [3.8, 4) is 0 Å². The van der Waals surface area contributed by atoms with Gasteiger partial charge < -0.3 is 10.6 Å². The van der Waals surface area contributed by atoms with Gasteiger partial charge in [-0.05, 0) is 23.8 Å². The second-order valence-corrected chi connectivity index (χ2v) is 7.59. The van der Waals surface area contributed by atoms with Crippen LogP contribution < -0.4 is 10.6 Å². The molecule has 5 nitrogen and oxygen atoms in total. The van der Waals surface area contributed by atoms with Crippen molar-refractivity contribution in [3.63, 3.8) is 0 Å². The van der Waals surface area contributed by atoms with Crippen LogP contribution >= 0.6 is 35.0 Å². The normalized spacial score (nSPS) is 18.0. The molecule has 2 N–H and O–H groups in total. The highest BCUT2D eigenvalue weighted by molar-refractivity contribution is 8.15. The summed E-state index contributed by atoms with van der Waals surface area (Å²) in [7, 11) is 0. The number of rotatable bonds is 5. The first-order chi connectivity index (χ1) is 12.5. The quantitative estimate of drug-likeness (QED) is 0.782. The maximum Gasteiger partial charge on any atom is 0.240 e. The molecule has 8 heteroatoms. The van der Waals surface area contributed by atoms with Gasteiger partial charge in [0.05, 0.1) is 16.6 Å². The molecule has 1 fully saturated rings. The van der Waals surface area contributed by atoms with Crippen LogP contribution in [0.5, 0.6) is 0 Å². The molecule has 0 saturated carbocycles. The third kappa shape index (κ3) is 5.00. The van der Waals surface area contributed by atoms with Crippen LogP contribution in [0.2, 0.25) is 10.0 Å². The van der Waals surface area contributed by atoms with E-state index in [2.05, 4.69) is 15.6 Å². The van der Waals surface area contributed by atoms with Crippen LogP contribution in [-0.2, 0) is 16.1 Å². The van der Waals surface area contributed by atoms with Gasteiger partial charge in [0.25, 0.3) is 0 Å². The number of carbonyl (C=O) groups is 2. The predicted octanol–water partition coefficient (Wildman–Crippen LogP) is 4.11. The Morgan fingerprint density at radius 1 is 1.15 bits per heavy atom. The molecule has 1 aliphatic rings. The summed E-state index contributed by atoms with van der Waals surface area (Å²) in [6.45, 7) is 0.478. The smallest absolute Gasteiger partial charge is 0.240 e. The number of thioether (sulfide) groups is 1. The summed E-state index contributed by atoms with van der Waals surface area (Å²) >= 11 is 13.0. The predicted molar refractivity (Wildman–Crippen MR) is 107 cm³/mol. The average molecular weight is 408 g/mol. The first-order valence-electron chi connectivity index (χ1n) is 7.82. The fourth-order valence-corrected chi connectivity index (χ4v) is 3.58. The summed E-state index contributed by atoms with van der Waals surface area (Å²) < 4.78 is 0. The van der Waals surface area contributed by atoms with E-state index in [4.69, 9.17) is 23.2 Å². The van der Waals surface area contributed by atoms with Gasteiger partial charge >= 0.3 is 0 Å². The molecule has 2 aromatic carbocycles. The SMILES string of the molecule is O=C(C[C@H]1SC(=NCc2ccccc2)NC1=O)Nc1ccc(Cl)c(Cl)c1. The van der Waals surface area contributed by atoms with Crippen LogP contribution in [-0.4, -0.2) is 22.2 Å². The summed E-state index contributed by atoms with van der Waals surface area (Å²) in [5, 5.41) is 6.22. The summed E-state index contributed by atoms with van der Waals surface area (Å²) in [4.78, 5) is 28.6. The first-order valence-corrected chi connectivity index (χ1v) is 9.45. The minimum absolute atomic E-state index is 0.0428. The van der Waals surface area contributed by atoms with Gasteiger partial charge in [0, 0.05) is 12.1 Å². The number of nitrogens with zero attached hydrogens (tertiary/aromatic N) is 1. The van der Waals surface area contributed by atoms with Crippen molar-refractivity contribution in [3.05, 3.63) is 64.1 Å². The Hall–Kier alpha value is -2.02. The Morgan fingerprint density at radius 2 is 1.92 bits per heavy atom. The van der Waals surface area contributed by atoms with E-state index in [1.54, 1.807) is 18.2 Å². The summed E-state index contributed by atoms with van der Waals surface area (Å²) in [6, 6.07) is 14.6. The van der Waals surface area contributed by atoms with Crippen LogP contribution in [0.15, 0.2) is 53.5 Å². The van der Waals surface area contributed by atoms with E-state index in [-0.39, 0.29) is 18.2 Å². The number of nitrogens with one attached hydrogen (secondary N) is 2. The van der Waals surface area contributed by atoms with Gasteiger partial charge in [-0.2, -0.15) is 0 Å². The molecule has 3 rings (SSSR count). The van der Waals surface area contributed by atoms with E-state index in [0.29, 0.717) is 27.4 Å². The Labute approximate surface area is 165 Å². The number of amidine groups is 1. The highest BCUT2D eigenvalue weighted by atomic mass is 35.5.